The number of carbonyl (C=O) groups excluding carboxylic acids is 2. The minimum Gasteiger partial charge on any atom is -0.356 e. The number of likely N-dealkylation sites (tertiary alicyclic amines) is 1. The van der Waals surface area contributed by atoms with Crippen molar-refractivity contribution in [2.75, 3.05) is 37.6 Å². The number of amides is 2. The molecule has 1 aromatic rings. The molecule has 1 aromatic heterocycles. The third-order valence-electron chi connectivity index (χ3n) is 6.72. The van der Waals surface area contributed by atoms with Gasteiger partial charge in [-0.05, 0) is 32.6 Å². The minimum atomic E-state index is -0.124. The Balaban J connectivity index is 1.26. The summed E-state index contributed by atoms with van der Waals surface area (Å²) >= 11 is 0. The highest BCUT2D eigenvalue weighted by Gasteiger charge is 2.44. The maximum atomic E-state index is 12.8. The zero-order valence-electron chi connectivity index (χ0n) is 15.9. The topological polar surface area (TPSA) is 78.4 Å². The molecule has 144 valence electrons. The molecule has 5 rings (SSSR count). The Morgan fingerprint density at radius 2 is 1.89 bits per heavy atom. The number of aromatic nitrogens is 2. The molecule has 27 heavy (non-hydrogen) atoms. The Kier molecular flexibility index (Phi) is 4.06. The van der Waals surface area contributed by atoms with Crippen molar-refractivity contribution in [1.82, 2.24) is 20.2 Å². The van der Waals surface area contributed by atoms with Gasteiger partial charge >= 0.3 is 0 Å². The number of fused-ring (bicyclic) bond motifs is 2. The molecule has 7 heteroatoms. The summed E-state index contributed by atoms with van der Waals surface area (Å²) in [7, 11) is 0. The molecule has 3 aliphatic heterocycles. The number of piperidine rings is 1. The fraction of sp³-hybridized carbons (Fsp3) is 0.700. The van der Waals surface area contributed by atoms with Crippen molar-refractivity contribution in [2.45, 2.75) is 39.0 Å². The van der Waals surface area contributed by atoms with Crippen LogP contribution in [0, 0.1) is 24.7 Å². The minimum absolute atomic E-state index is 0.0122. The number of hydrogen-bond donors (Lipinski definition) is 1. The Hall–Kier alpha value is -2.18. The van der Waals surface area contributed by atoms with Gasteiger partial charge in [-0.15, -0.1) is 0 Å². The number of aryl methyl sites for hydroxylation is 2. The van der Waals surface area contributed by atoms with Crippen molar-refractivity contribution in [3.05, 3.63) is 17.1 Å². The Labute approximate surface area is 159 Å². The van der Waals surface area contributed by atoms with Crippen molar-refractivity contribution in [1.29, 1.82) is 0 Å². The maximum absolute atomic E-state index is 12.8. The maximum Gasteiger partial charge on any atom is 0.226 e. The first-order chi connectivity index (χ1) is 13.1. The standard InChI is InChI=1S/C20H27N5O2/c1-12-22-17-4-2-3-16(17)19(23-12)24-8-14-10-25(11-15(14)9-24)20(27)13-5-6-21-18(26)7-13/h13-15H,2-11H2,1H3,(H,21,26). The van der Waals surface area contributed by atoms with Gasteiger partial charge in [-0.3, -0.25) is 9.59 Å². The van der Waals surface area contributed by atoms with Crippen LogP contribution in [0.15, 0.2) is 0 Å². The summed E-state index contributed by atoms with van der Waals surface area (Å²) in [4.78, 5) is 38.3. The van der Waals surface area contributed by atoms with Gasteiger partial charge in [0.15, 0.2) is 0 Å². The molecule has 0 radical (unpaired) electrons. The van der Waals surface area contributed by atoms with Crippen LogP contribution in [-0.2, 0) is 22.4 Å². The molecule has 3 fully saturated rings. The molecule has 1 aliphatic carbocycles. The third kappa shape index (κ3) is 2.97. The molecule has 3 atom stereocenters. The lowest BCUT2D eigenvalue weighted by Crippen LogP contribution is -2.43. The molecule has 3 unspecified atom stereocenters. The first-order valence-corrected chi connectivity index (χ1v) is 10.3. The van der Waals surface area contributed by atoms with Gasteiger partial charge in [-0.25, -0.2) is 9.97 Å². The number of nitrogens with zero attached hydrogens (tertiary/aromatic N) is 4. The van der Waals surface area contributed by atoms with Crippen LogP contribution in [0.5, 0.6) is 0 Å². The lowest BCUT2D eigenvalue weighted by atomic mass is 9.96. The smallest absolute Gasteiger partial charge is 0.226 e. The van der Waals surface area contributed by atoms with Gasteiger partial charge in [0.2, 0.25) is 11.8 Å². The van der Waals surface area contributed by atoms with Crippen LogP contribution >= 0.6 is 0 Å². The molecule has 0 aromatic carbocycles. The van der Waals surface area contributed by atoms with E-state index in [9.17, 15) is 9.59 Å². The van der Waals surface area contributed by atoms with E-state index in [0.29, 0.717) is 24.8 Å². The van der Waals surface area contributed by atoms with Gasteiger partial charge < -0.3 is 15.1 Å². The first-order valence-electron chi connectivity index (χ1n) is 10.3. The molecular weight excluding hydrogens is 342 g/mol. The number of nitrogens with one attached hydrogen (secondary N) is 1. The Bertz CT molecular complexity index is 781. The predicted molar refractivity (Wildman–Crippen MR) is 100 cm³/mol. The largest absolute Gasteiger partial charge is 0.356 e. The summed E-state index contributed by atoms with van der Waals surface area (Å²) < 4.78 is 0. The van der Waals surface area contributed by atoms with E-state index < -0.39 is 0 Å². The summed E-state index contributed by atoms with van der Waals surface area (Å²) in [5, 5.41) is 2.82. The van der Waals surface area contributed by atoms with Crippen LogP contribution in [0.2, 0.25) is 0 Å². The van der Waals surface area contributed by atoms with Crippen molar-refractivity contribution in [3.8, 4) is 0 Å². The molecule has 0 spiro atoms. The lowest BCUT2D eigenvalue weighted by molar-refractivity contribution is -0.139. The SMILES string of the molecule is Cc1nc2c(c(N3CC4CN(C(=O)C5CCNC(=O)C5)CC4C3)n1)CCC2. The van der Waals surface area contributed by atoms with Crippen molar-refractivity contribution in [3.63, 3.8) is 0 Å². The van der Waals surface area contributed by atoms with Crippen LogP contribution in [-0.4, -0.2) is 59.4 Å². The quantitative estimate of drug-likeness (QED) is 0.830. The molecule has 4 heterocycles. The van der Waals surface area contributed by atoms with Gasteiger partial charge in [-0.2, -0.15) is 0 Å². The average Bonchev–Trinajstić information content (AvgIpc) is 3.34. The molecule has 7 nitrogen and oxygen atoms in total. The van der Waals surface area contributed by atoms with Gasteiger partial charge in [0.25, 0.3) is 0 Å². The summed E-state index contributed by atoms with van der Waals surface area (Å²) in [6.45, 7) is 6.21. The first kappa shape index (κ1) is 17.0. The van der Waals surface area contributed by atoms with E-state index in [1.165, 1.54) is 17.7 Å². The highest BCUT2D eigenvalue weighted by Crippen LogP contribution is 2.37. The van der Waals surface area contributed by atoms with Crippen LogP contribution in [0.3, 0.4) is 0 Å². The van der Waals surface area contributed by atoms with Crippen molar-refractivity contribution >= 4 is 17.6 Å². The second-order valence-electron chi connectivity index (χ2n) is 8.58. The second kappa shape index (κ2) is 6.46. The van der Waals surface area contributed by atoms with E-state index in [2.05, 4.69) is 15.2 Å². The van der Waals surface area contributed by atoms with Crippen molar-refractivity contribution in [2.24, 2.45) is 17.8 Å². The van der Waals surface area contributed by atoms with E-state index in [4.69, 9.17) is 4.98 Å². The van der Waals surface area contributed by atoms with Crippen molar-refractivity contribution < 1.29 is 9.59 Å². The fourth-order valence-corrected chi connectivity index (χ4v) is 5.39. The number of rotatable bonds is 2. The monoisotopic (exact) mass is 369 g/mol. The molecule has 4 aliphatic rings. The third-order valence-corrected chi connectivity index (χ3v) is 6.72. The molecule has 3 saturated heterocycles. The summed E-state index contributed by atoms with van der Waals surface area (Å²) in [6.07, 6.45) is 4.46. The van der Waals surface area contributed by atoms with E-state index in [0.717, 1.165) is 57.1 Å². The predicted octanol–water partition coefficient (Wildman–Crippen LogP) is 0.695. The molecule has 1 N–H and O–H groups in total. The summed E-state index contributed by atoms with van der Waals surface area (Å²) in [5.41, 5.74) is 2.59. The second-order valence-corrected chi connectivity index (χ2v) is 8.58. The zero-order chi connectivity index (χ0) is 18.5. The van der Waals surface area contributed by atoms with E-state index >= 15 is 0 Å². The van der Waals surface area contributed by atoms with Gasteiger partial charge in [-0.1, -0.05) is 0 Å². The number of carbonyl (C=O) groups is 2. The van der Waals surface area contributed by atoms with E-state index in [1.54, 1.807) is 0 Å². The molecule has 0 bridgehead atoms. The van der Waals surface area contributed by atoms with Gasteiger partial charge in [0.1, 0.15) is 11.6 Å². The summed E-state index contributed by atoms with van der Waals surface area (Å²) in [5.74, 6) is 3.11. The van der Waals surface area contributed by atoms with E-state index in [1.807, 2.05) is 11.8 Å². The number of hydrogen-bond acceptors (Lipinski definition) is 5. The lowest BCUT2D eigenvalue weighted by Gasteiger charge is -2.28. The average molecular weight is 369 g/mol. The molecule has 0 saturated carbocycles. The van der Waals surface area contributed by atoms with Crippen LogP contribution < -0.4 is 10.2 Å². The van der Waals surface area contributed by atoms with Crippen LogP contribution in [0.4, 0.5) is 5.82 Å². The Morgan fingerprint density at radius 3 is 2.63 bits per heavy atom. The van der Waals surface area contributed by atoms with Crippen LogP contribution in [0.1, 0.15) is 36.3 Å². The van der Waals surface area contributed by atoms with Gasteiger partial charge in [0, 0.05) is 68.2 Å². The Morgan fingerprint density at radius 1 is 1.11 bits per heavy atom. The number of anilines is 1. The normalized spacial score (nSPS) is 29.7. The zero-order valence-corrected chi connectivity index (χ0v) is 15.9. The van der Waals surface area contributed by atoms with Crippen LogP contribution in [0.25, 0.3) is 0 Å². The molecular formula is C20H27N5O2. The highest BCUT2D eigenvalue weighted by atomic mass is 16.2. The summed E-state index contributed by atoms with van der Waals surface area (Å²) in [6, 6.07) is 0. The van der Waals surface area contributed by atoms with E-state index in [-0.39, 0.29) is 17.7 Å². The molecule has 2 amide bonds. The van der Waals surface area contributed by atoms with Gasteiger partial charge in [0.05, 0.1) is 0 Å². The highest BCUT2D eigenvalue weighted by molar-refractivity contribution is 5.87. The fourth-order valence-electron chi connectivity index (χ4n) is 5.39.